The topological polar surface area (TPSA) is 101 Å². The standard InChI is InChI=1S/C34H47F3N2O4S/c1-7-8-9-10-22-11-14-26(28(15-22)41-6)29-16-24-12-13-25(17-27(24)43-29)44-21-23(18-34(35,36)37)20-42-31(40)33(4,5)30(38)19-32(2,3)39/h11-17,23,30H,7-10,18-21,38-39H2,1-6H3. The zero-order valence-electron chi connectivity index (χ0n) is 26.7. The summed E-state index contributed by atoms with van der Waals surface area (Å²) in [5.74, 6) is -0.0975. The van der Waals surface area contributed by atoms with E-state index in [0.717, 1.165) is 40.9 Å². The number of benzene rings is 2. The van der Waals surface area contributed by atoms with E-state index in [2.05, 4.69) is 13.0 Å². The fraction of sp³-hybridized carbons (Fsp3) is 0.559. The zero-order valence-corrected chi connectivity index (χ0v) is 27.5. The number of hydrogen-bond acceptors (Lipinski definition) is 7. The van der Waals surface area contributed by atoms with E-state index in [1.54, 1.807) is 34.8 Å². The van der Waals surface area contributed by atoms with E-state index in [1.165, 1.54) is 23.7 Å². The first kappa shape index (κ1) is 35.8. The molecule has 0 aliphatic carbocycles. The van der Waals surface area contributed by atoms with E-state index in [0.29, 0.717) is 17.8 Å². The first-order valence-electron chi connectivity index (χ1n) is 15.1. The van der Waals surface area contributed by atoms with Crippen molar-refractivity contribution in [2.24, 2.45) is 22.8 Å². The Balaban J connectivity index is 1.70. The average Bonchev–Trinajstić information content (AvgIpc) is 3.36. The van der Waals surface area contributed by atoms with Gasteiger partial charge >= 0.3 is 12.1 Å². The zero-order chi connectivity index (χ0) is 32.7. The molecular formula is C34H47F3N2O4S. The molecule has 2 aromatic carbocycles. The Kier molecular flexibility index (Phi) is 12.2. The molecule has 6 nitrogen and oxygen atoms in total. The van der Waals surface area contributed by atoms with Crippen molar-refractivity contribution < 1.29 is 31.9 Å². The SMILES string of the molecule is CCCCCc1ccc(-c2cc3ccc(SCC(COC(=O)C(C)(C)C(N)CC(C)(C)N)CC(F)(F)F)cc3o2)c(OC)c1. The van der Waals surface area contributed by atoms with E-state index in [9.17, 15) is 18.0 Å². The summed E-state index contributed by atoms with van der Waals surface area (Å²) in [6.07, 6.45) is -0.684. The molecule has 2 unspecified atom stereocenters. The minimum Gasteiger partial charge on any atom is -0.496 e. The maximum Gasteiger partial charge on any atom is 0.389 e. The van der Waals surface area contributed by atoms with Crippen molar-refractivity contribution >= 4 is 28.7 Å². The van der Waals surface area contributed by atoms with Crippen LogP contribution in [0.15, 0.2) is 51.8 Å². The van der Waals surface area contributed by atoms with Crippen LogP contribution in [0.4, 0.5) is 13.2 Å². The van der Waals surface area contributed by atoms with Crippen LogP contribution in [-0.2, 0) is 16.0 Å². The number of unbranched alkanes of at least 4 members (excludes halogenated alkanes) is 2. The van der Waals surface area contributed by atoms with Gasteiger partial charge in [-0.25, -0.2) is 0 Å². The fourth-order valence-electron chi connectivity index (χ4n) is 4.97. The Bertz CT molecular complexity index is 1380. The second-order valence-electron chi connectivity index (χ2n) is 12.9. The fourth-order valence-corrected chi connectivity index (χ4v) is 5.96. The summed E-state index contributed by atoms with van der Waals surface area (Å²) in [5.41, 5.74) is 13.2. The van der Waals surface area contributed by atoms with Gasteiger partial charge in [-0.3, -0.25) is 4.79 Å². The van der Waals surface area contributed by atoms with Crippen LogP contribution in [0.5, 0.6) is 5.75 Å². The smallest absolute Gasteiger partial charge is 0.389 e. The van der Waals surface area contributed by atoms with Gasteiger partial charge in [0.05, 0.1) is 31.1 Å². The molecular weight excluding hydrogens is 589 g/mol. The van der Waals surface area contributed by atoms with Gasteiger partial charge < -0.3 is 25.4 Å². The minimum atomic E-state index is -4.41. The van der Waals surface area contributed by atoms with Crippen LogP contribution in [0.3, 0.4) is 0 Å². The van der Waals surface area contributed by atoms with Gasteiger partial charge in [-0.15, -0.1) is 11.8 Å². The first-order chi connectivity index (χ1) is 20.5. The number of esters is 1. The third-order valence-electron chi connectivity index (χ3n) is 7.75. The summed E-state index contributed by atoms with van der Waals surface area (Å²) in [5, 5.41) is 0.874. The van der Waals surface area contributed by atoms with Gasteiger partial charge in [0.15, 0.2) is 0 Å². The third-order valence-corrected chi connectivity index (χ3v) is 8.97. The first-order valence-corrected chi connectivity index (χ1v) is 16.1. The number of furan rings is 1. The van der Waals surface area contributed by atoms with Gasteiger partial charge in [0.2, 0.25) is 0 Å². The van der Waals surface area contributed by atoms with E-state index in [-0.39, 0.29) is 12.4 Å². The summed E-state index contributed by atoms with van der Waals surface area (Å²) in [6, 6.07) is 13.0. The number of alkyl halides is 3. The molecule has 0 saturated carbocycles. The number of halogens is 3. The van der Waals surface area contributed by atoms with Crippen LogP contribution in [0.25, 0.3) is 22.3 Å². The van der Waals surface area contributed by atoms with Crippen molar-refractivity contribution in [3.8, 4) is 17.1 Å². The molecule has 44 heavy (non-hydrogen) atoms. The Morgan fingerprint density at radius 3 is 2.39 bits per heavy atom. The molecule has 3 aromatic rings. The normalized spacial score (nSPS) is 14.1. The highest BCUT2D eigenvalue weighted by Gasteiger charge is 2.39. The maximum atomic E-state index is 13.4. The lowest BCUT2D eigenvalue weighted by Crippen LogP contribution is -2.50. The second kappa shape index (κ2) is 15.1. The Morgan fingerprint density at radius 1 is 1.02 bits per heavy atom. The lowest BCUT2D eigenvalue weighted by molar-refractivity contribution is -0.164. The molecule has 1 heterocycles. The molecule has 0 spiro atoms. The molecule has 2 atom stereocenters. The van der Waals surface area contributed by atoms with Crippen LogP contribution >= 0.6 is 11.8 Å². The predicted molar refractivity (Wildman–Crippen MR) is 172 cm³/mol. The molecule has 0 bridgehead atoms. The molecule has 0 saturated heterocycles. The molecule has 3 rings (SSSR count). The number of carbonyl (C=O) groups excluding carboxylic acids is 1. The van der Waals surface area contributed by atoms with Gasteiger partial charge in [0.25, 0.3) is 0 Å². The number of fused-ring (bicyclic) bond motifs is 1. The van der Waals surface area contributed by atoms with Crippen molar-refractivity contribution in [1.29, 1.82) is 0 Å². The van der Waals surface area contributed by atoms with E-state index >= 15 is 0 Å². The lowest BCUT2D eigenvalue weighted by atomic mass is 9.79. The van der Waals surface area contributed by atoms with Crippen molar-refractivity contribution in [1.82, 2.24) is 0 Å². The van der Waals surface area contributed by atoms with E-state index < -0.39 is 41.5 Å². The van der Waals surface area contributed by atoms with Gasteiger partial charge in [-0.1, -0.05) is 25.8 Å². The summed E-state index contributed by atoms with van der Waals surface area (Å²) in [7, 11) is 1.64. The molecule has 0 radical (unpaired) electrons. The summed E-state index contributed by atoms with van der Waals surface area (Å²) in [6.45, 7) is 8.67. The van der Waals surface area contributed by atoms with E-state index in [1.807, 2.05) is 36.4 Å². The van der Waals surface area contributed by atoms with Crippen molar-refractivity contribution in [3.05, 3.63) is 48.0 Å². The number of thioether (sulfide) groups is 1. The molecule has 4 N–H and O–H groups in total. The number of nitrogens with two attached hydrogens (primary N) is 2. The van der Waals surface area contributed by atoms with Gasteiger partial charge in [0.1, 0.15) is 17.1 Å². The van der Waals surface area contributed by atoms with E-state index in [4.69, 9.17) is 25.4 Å². The number of rotatable bonds is 16. The van der Waals surface area contributed by atoms with Gasteiger partial charge in [-0.2, -0.15) is 13.2 Å². The summed E-state index contributed by atoms with van der Waals surface area (Å²) >= 11 is 1.26. The Hall–Kier alpha value is -2.69. The van der Waals surface area contributed by atoms with Gasteiger partial charge in [0, 0.05) is 33.5 Å². The lowest BCUT2D eigenvalue weighted by Gasteiger charge is -2.34. The number of hydrogen-bond donors (Lipinski definition) is 2. The summed E-state index contributed by atoms with van der Waals surface area (Å²) in [4.78, 5) is 13.6. The average molecular weight is 637 g/mol. The molecule has 0 aliphatic heterocycles. The molecule has 10 heteroatoms. The highest BCUT2D eigenvalue weighted by molar-refractivity contribution is 7.99. The highest BCUT2D eigenvalue weighted by Crippen LogP contribution is 2.37. The number of aryl methyl sites for hydroxylation is 1. The number of ether oxygens (including phenoxy) is 2. The van der Waals surface area contributed by atoms with Crippen molar-refractivity contribution in [3.63, 3.8) is 0 Å². The van der Waals surface area contributed by atoms with Gasteiger partial charge in [-0.05, 0) is 88.9 Å². The number of methoxy groups -OCH3 is 1. The molecule has 0 amide bonds. The van der Waals surface area contributed by atoms with Crippen molar-refractivity contribution in [2.45, 2.75) is 95.8 Å². The quantitative estimate of drug-likeness (QED) is 0.0923. The van der Waals surface area contributed by atoms with Crippen LogP contribution < -0.4 is 16.2 Å². The Labute approximate surface area is 263 Å². The maximum absolute atomic E-state index is 13.4. The molecule has 0 aliphatic rings. The van der Waals surface area contributed by atoms with Crippen LogP contribution in [-0.4, -0.2) is 43.2 Å². The Morgan fingerprint density at radius 2 is 1.75 bits per heavy atom. The number of carbonyl (C=O) groups is 1. The van der Waals surface area contributed by atoms with Crippen molar-refractivity contribution in [2.75, 3.05) is 19.5 Å². The predicted octanol–water partition coefficient (Wildman–Crippen LogP) is 8.53. The molecule has 1 aromatic heterocycles. The van der Waals surface area contributed by atoms with Crippen LogP contribution in [0.2, 0.25) is 0 Å². The largest absolute Gasteiger partial charge is 0.496 e. The van der Waals surface area contributed by atoms with Crippen LogP contribution in [0, 0.1) is 11.3 Å². The van der Waals surface area contributed by atoms with Crippen LogP contribution in [0.1, 0.15) is 72.3 Å². The highest BCUT2D eigenvalue weighted by atomic mass is 32.2. The minimum absolute atomic E-state index is 0.0987. The second-order valence-corrected chi connectivity index (χ2v) is 14.0. The molecule has 0 fully saturated rings. The molecule has 244 valence electrons. The summed E-state index contributed by atoms with van der Waals surface area (Å²) < 4.78 is 57.5. The monoisotopic (exact) mass is 636 g/mol. The third kappa shape index (κ3) is 10.4.